The van der Waals surface area contributed by atoms with Crippen LogP contribution in [-0.4, -0.2) is 85.9 Å². The van der Waals surface area contributed by atoms with Crippen LogP contribution in [0.2, 0.25) is 0 Å². The first-order valence-corrected chi connectivity index (χ1v) is 29.5. The smallest absolute Gasteiger partial charge is 0.212 e. The Labute approximate surface area is 443 Å². The van der Waals surface area contributed by atoms with Gasteiger partial charge in [-0.15, -0.1) is 0 Å². The van der Waals surface area contributed by atoms with Gasteiger partial charge in [0.2, 0.25) is 17.1 Å². The highest BCUT2D eigenvalue weighted by atomic mass is 32.3. The van der Waals surface area contributed by atoms with Crippen LogP contribution in [0.15, 0.2) is 121 Å². The van der Waals surface area contributed by atoms with E-state index in [1.54, 1.807) is 0 Å². The van der Waals surface area contributed by atoms with E-state index in [0.29, 0.717) is 0 Å². The first-order valence-electron chi connectivity index (χ1n) is 28.2. The maximum absolute atomic E-state index is 8.52. The Balaban J connectivity index is 0.00000220. The first-order chi connectivity index (χ1) is 35.4. The van der Waals surface area contributed by atoms with E-state index in [9.17, 15) is 0 Å². The summed E-state index contributed by atoms with van der Waals surface area (Å²) in [6, 6.07) is 37.4. The highest BCUT2D eigenvalue weighted by Crippen LogP contribution is 2.38. The molecule has 11 heteroatoms. The summed E-state index contributed by atoms with van der Waals surface area (Å²) >= 11 is 0. The predicted molar refractivity (Wildman–Crippen MR) is 314 cm³/mol. The van der Waals surface area contributed by atoms with Gasteiger partial charge in [0.05, 0.1) is 0 Å². The van der Waals surface area contributed by atoms with Gasteiger partial charge in [-0.25, -0.2) is 4.58 Å². The molecule has 0 atom stereocenters. The van der Waals surface area contributed by atoms with Crippen molar-refractivity contribution in [3.05, 3.63) is 121 Å². The molecule has 1 aliphatic rings. The van der Waals surface area contributed by atoms with Crippen molar-refractivity contribution in [2.45, 2.75) is 158 Å². The topological polar surface area (TPSA) is 99.2 Å². The zero-order valence-corrected chi connectivity index (χ0v) is 47.1. The van der Waals surface area contributed by atoms with Crippen LogP contribution in [0.5, 0.6) is 0 Å². The van der Waals surface area contributed by atoms with Gasteiger partial charge in [0.25, 0.3) is 0 Å². The van der Waals surface area contributed by atoms with E-state index in [-0.39, 0.29) is 0 Å². The van der Waals surface area contributed by atoms with Gasteiger partial charge in [0.15, 0.2) is 5.71 Å². The fourth-order valence-electron chi connectivity index (χ4n) is 9.17. The molecular formula is C62H92N6O4S. The van der Waals surface area contributed by atoms with Crippen molar-refractivity contribution in [2.75, 3.05) is 72.0 Å². The molecular weight excluding hydrogens is 925 g/mol. The summed E-state index contributed by atoms with van der Waals surface area (Å²) < 4.78 is 39.1. The maximum Gasteiger partial charge on any atom is 0.212 e. The summed E-state index contributed by atoms with van der Waals surface area (Å²) in [6.45, 7) is 27.1. The monoisotopic (exact) mass is 1020 g/mol. The molecule has 0 N–H and O–H groups in total. The Morgan fingerprint density at radius 1 is 0.356 bits per heavy atom. The maximum atomic E-state index is 8.52. The average Bonchev–Trinajstić information content (AvgIpc) is 3.40. The van der Waals surface area contributed by atoms with Crippen LogP contribution in [-0.2, 0) is 10.4 Å². The van der Waals surface area contributed by atoms with Crippen molar-refractivity contribution in [1.29, 1.82) is 0 Å². The number of nitrogens with zero attached hydrogens (tertiary/aromatic N) is 6. The lowest BCUT2D eigenvalue weighted by Crippen LogP contribution is -2.25. The van der Waals surface area contributed by atoms with E-state index in [0.717, 1.165) is 63.7 Å². The Bertz CT molecular complexity index is 2270. The van der Waals surface area contributed by atoms with Crippen molar-refractivity contribution >= 4 is 67.3 Å². The molecule has 0 fully saturated rings. The molecule has 4 aromatic carbocycles. The lowest BCUT2D eigenvalue weighted by molar-refractivity contribution is -0.527. The second kappa shape index (κ2) is 33.6. The number of hydrogen-bond donors (Lipinski definition) is 0. The number of anilines is 6. The standard InChI is InChI=1S/C62H92N6.H2O4S/c1-9-17-45-63(46-18-10-2)53-25-33-57(34-26-53)67(58-35-27-54(28-36-58)64(47-19-11-3)48-20-12-4)61-41-43-62(44-42-61)68(59-37-29-55(30-38-59)65(49-21-13-5)50-22-14-6)60-39-31-56(32-40-60)66(51-23-15-7)52-24-16-8;1-5(2,3)4/h25-44H,9-24,45-52H2,1-8H3;(H2,1,2,3,4)/q+2;/p-2. The number of benzene rings is 4. The zero-order chi connectivity index (χ0) is 52.9. The van der Waals surface area contributed by atoms with Gasteiger partial charge in [-0.2, -0.15) is 4.58 Å². The predicted octanol–water partition coefficient (Wildman–Crippen LogP) is 15.5. The Morgan fingerprint density at radius 3 is 0.863 bits per heavy atom. The fourth-order valence-corrected chi connectivity index (χ4v) is 9.17. The van der Waals surface area contributed by atoms with Gasteiger partial charge in [0, 0.05) is 145 Å². The Kier molecular flexibility index (Phi) is 27.7. The average molecular weight is 1020 g/mol. The van der Waals surface area contributed by atoms with Crippen molar-refractivity contribution in [1.82, 2.24) is 4.58 Å². The van der Waals surface area contributed by atoms with Gasteiger partial charge in [-0.05, 0) is 111 Å². The summed E-state index contributed by atoms with van der Waals surface area (Å²) in [5.41, 5.74) is 12.2. The largest absolute Gasteiger partial charge is 0.759 e. The van der Waals surface area contributed by atoms with E-state index < -0.39 is 10.4 Å². The lowest BCUT2D eigenvalue weighted by atomic mass is 10.1. The van der Waals surface area contributed by atoms with Crippen molar-refractivity contribution < 1.29 is 22.1 Å². The second-order valence-corrected chi connectivity index (χ2v) is 20.3. The molecule has 0 radical (unpaired) electrons. The Morgan fingerprint density at radius 2 is 0.589 bits per heavy atom. The number of unbranched alkanes of at least 4 members (excludes halogenated alkanes) is 8. The quantitative estimate of drug-likeness (QED) is 0.0206. The van der Waals surface area contributed by atoms with Gasteiger partial charge in [-0.1, -0.05) is 107 Å². The van der Waals surface area contributed by atoms with Crippen LogP contribution in [0.1, 0.15) is 158 Å². The van der Waals surface area contributed by atoms with Gasteiger partial charge >= 0.3 is 0 Å². The van der Waals surface area contributed by atoms with E-state index >= 15 is 0 Å². The molecule has 0 bridgehead atoms. The number of hydrogen-bond acceptors (Lipinski definition) is 8. The van der Waals surface area contributed by atoms with Crippen LogP contribution in [0.25, 0.3) is 0 Å². The van der Waals surface area contributed by atoms with E-state index in [1.807, 2.05) is 0 Å². The minimum Gasteiger partial charge on any atom is -0.759 e. The van der Waals surface area contributed by atoms with E-state index in [1.165, 1.54) is 148 Å². The molecule has 5 rings (SSSR count). The van der Waals surface area contributed by atoms with Gasteiger partial charge < -0.3 is 28.7 Å². The molecule has 1 aliphatic carbocycles. The number of rotatable bonds is 32. The minimum atomic E-state index is -5.17. The highest BCUT2D eigenvalue weighted by molar-refractivity contribution is 7.79. The molecule has 0 saturated heterocycles. The second-order valence-electron chi connectivity index (χ2n) is 19.4. The third kappa shape index (κ3) is 20.5. The van der Waals surface area contributed by atoms with Crippen LogP contribution in [0.3, 0.4) is 0 Å². The molecule has 4 aromatic rings. The SMILES string of the molecule is CCCCN(CCCC)c1ccc(N(c2ccc(N(CCCC)CCCC)cc2)c2ccc([N+](=C3C=CC(=[N+](CCCC)CCCC)C=C3)c3ccc(N(CCCC)CCCC)cc3)cc2)cc1.O=S(=O)([O-])[O-]. The molecule has 0 heterocycles. The van der Waals surface area contributed by atoms with Crippen molar-refractivity contribution in [3.8, 4) is 0 Å². The first kappa shape index (κ1) is 60.3. The summed E-state index contributed by atoms with van der Waals surface area (Å²) in [5, 5.41) is 0. The normalized spacial score (nSPS) is 12.1. The molecule has 0 saturated carbocycles. The van der Waals surface area contributed by atoms with Gasteiger partial charge in [-0.3, -0.25) is 8.42 Å². The third-order valence-electron chi connectivity index (χ3n) is 13.5. The van der Waals surface area contributed by atoms with Crippen molar-refractivity contribution in [3.63, 3.8) is 0 Å². The highest BCUT2D eigenvalue weighted by Gasteiger charge is 2.24. The fraction of sp³-hybridized carbons (Fsp3) is 0.516. The molecule has 0 amide bonds. The zero-order valence-electron chi connectivity index (χ0n) is 46.2. The van der Waals surface area contributed by atoms with Crippen LogP contribution in [0, 0.1) is 0 Å². The summed E-state index contributed by atoms with van der Waals surface area (Å²) in [5.74, 6) is 0. The van der Waals surface area contributed by atoms with Crippen LogP contribution >= 0.6 is 0 Å². The Hall–Kier alpha value is -5.23. The van der Waals surface area contributed by atoms with Gasteiger partial charge in [0.1, 0.15) is 13.1 Å². The third-order valence-corrected chi connectivity index (χ3v) is 13.5. The molecule has 400 valence electrons. The lowest BCUT2D eigenvalue weighted by Gasteiger charge is -2.29. The van der Waals surface area contributed by atoms with Crippen LogP contribution in [0.4, 0.5) is 45.5 Å². The summed E-state index contributed by atoms with van der Waals surface area (Å²) in [4.78, 5) is 10.2. The number of allylic oxidation sites excluding steroid dienone is 4. The van der Waals surface area contributed by atoms with Crippen LogP contribution < -0.4 is 24.2 Å². The summed E-state index contributed by atoms with van der Waals surface area (Å²) in [7, 11) is -5.17. The molecule has 0 unspecified atom stereocenters. The molecule has 0 spiro atoms. The molecule has 0 aliphatic heterocycles. The van der Waals surface area contributed by atoms with E-state index in [4.69, 9.17) is 17.5 Å². The van der Waals surface area contributed by atoms with Crippen molar-refractivity contribution in [2.24, 2.45) is 0 Å². The molecule has 10 nitrogen and oxygen atoms in total. The summed E-state index contributed by atoms with van der Waals surface area (Å²) in [6.07, 6.45) is 28.7. The minimum absolute atomic E-state index is 1.10. The molecule has 73 heavy (non-hydrogen) atoms. The molecule has 0 aromatic heterocycles. The van der Waals surface area contributed by atoms with E-state index in [2.05, 4.69) is 206 Å².